The molecule has 1 amide bonds. The average molecular weight is 256 g/mol. The highest BCUT2D eigenvalue weighted by Crippen LogP contribution is 2.44. The third-order valence-electron chi connectivity index (χ3n) is 3.41. The van der Waals surface area contributed by atoms with Crippen LogP contribution in [0, 0.1) is 5.82 Å². The summed E-state index contributed by atoms with van der Waals surface area (Å²) in [4.78, 5) is 16.4. The van der Waals surface area contributed by atoms with E-state index in [0.29, 0.717) is 17.1 Å². The van der Waals surface area contributed by atoms with Crippen LogP contribution in [0.2, 0.25) is 0 Å². The normalized spacial score (nSPS) is 22.5. The van der Waals surface area contributed by atoms with Crippen molar-refractivity contribution in [1.29, 1.82) is 0 Å². The maximum absolute atomic E-state index is 13.2. The van der Waals surface area contributed by atoms with Crippen molar-refractivity contribution in [3.05, 3.63) is 47.9 Å². The number of anilines is 3. The summed E-state index contributed by atoms with van der Waals surface area (Å²) in [6.07, 6.45) is 1.64. The summed E-state index contributed by atoms with van der Waals surface area (Å²) < 4.78 is 13.2. The summed E-state index contributed by atoms with van der Waals surface area (Å²) in [6.45, 7) is 0. The van der Waals surface area contributed by atoms with Crippen molar-refractivity contribution >= 4 is 23.1 Å². The number of nitrogens with one attached hydrogen (secondary N) is 3. The van der Waals surface area contributed by atoms with Crippen molar-refractivity contribution in [1.82, 2.24) is 4.98 Å². The summed E-state index contributed by atoms with van der Waals surface area (Å²) in [5, 5.41) is 8.88. The summed E-state index contributed by atoms with van der Waals surface area (Å²) in [6, 6.07) is 7.85. The lowest BCUT2D eigenvalue weighted by atomic mass is 10.0. The van der Waals surface area contributed by atoms with E-state index in [-0.39, 0.29) is 11.7 Å². The first kappa shape index (κ1) is 10.3. The molecule has 19 heavy (non-hydrogen) atoms. The minimum Gasteiger partial charge on any atom is -0.348 e. The van der Waals surface area contributed by atoms with E-state index in [1.807, 2.05) is 6.07 Å². The zero-order valence-corrected chi connectivity index (χ0v) is 9.70. The number of hydrogen-bond donors (Lipinski definition) is 3. The lowest BCUT2D eigenvalue weighted by Crippen LogP contribution is -2.45. The molecule has 1 aromatic heterocycles. The minimum atomic E-state index is -1.10. The number of aromatic nitrogens is 1. The van der Waals surface area contributed by atoms with Gasteiger partial charge in [-0.05, 0) is 30.3 Å². The van der Waals surface area contributed by atoms with Gasteiger partial charge in [-0.3, -0.25) is 4.79 Å². The van der Waals surface area contributed by atoms with Crippen LogP contribution < -0.4 is 16.0 Å². The zero-order chi connectivity index (χ0) is 13.0. The van der Waals surface area contributed by atoms with Crippen LogP contribution in [0.15, 0.2) is 36.5 Å². The number of carbonyl (C=O) groups is 1. The molecule has 1 aromatic carbocycles. The average Bonchev–Trinajstić information content (AvgIpc) is 2.89. The molecule has 6 heteroatoms. The molecule has 0 saturated carbocycles. The highest BCUT2D eigenvalue weighted by Gasteiger charge is 2.51. The van der Waals surface area contributed by atoms with E-state index in [9.17, 15) is 9.18 Å². The Kier molecular flexibility index (Phi) is 1.75. The van der Waals surface area contributed by atoms with Gasteiger partial charge in [-0.1, -0.05) is 0 Å². The second-order valence-corrected chi connectivity index (χ2v) is 4.54. The fourth-order valence-electron chi connectivity index (χ4n) is 2.55. The van der Waals surface area contributed by atoms with E-state index in [2.05, 4.69) is 20.9 Å². The molecule has 0 fully saturated rings. The maximum Gasteiger partial charge on any atom is 0.275 e. The molecular formula is C13H9FN4O. The number of fused-ring (bicyclic) bond motifs is 3. The molecule has 0 saturated heterocycles. The fraction of sp³-hybridized carbons (Fsp3) is 0.0769. The number of halogens is 1. The van der Waals surface area contributed by atoms with Gasteiger partial charge in [0.1, 0.15) is 5.82 Å². The van der Waals surface area contributed by atoms with Crippen LogP contribution in [0.4, 0.5) is 21.6 Å². The fourth-order valence-corrected chi connectivity index (χ4v) is 2.55. The molecule has 1 unspecified atom stereocenters. The summed E-state index contributed by atoms with van der Waals surface area (Å²) in [5.74, 6) is -0.0503. The van der Waals surface area contributed by atoms with E-state index in [4.69, 9.17) is 0 Å². The molecule has 3 heterocycles. The quantitative estimate of drug-likeness (QED) is 0.673. The first-order valence-corrected chi connectivity index (χ1v) is 5.82. The number of rotatable bonds is 0. The van der Waals surface area contributed by atoms with Gasteiger partial charge in [0.05, 0.1) is 11.4 Å². The van der Waals surface area contributed by atoms with E-state index in [1.165, 1.54) is 12.1 Å². The first-order chi connectivity index (χ1) is 9.19. The van der Waals surface area contributed by atoms with Crippen molar-refractivity contribution in [3.8, 4) is 0 Å². The molecule has 0 radical (unpaired) electrons. The Hall–Kier alpha value is -2.63. The Balaban J connectivity index is 1.89. The van der Waals surface area contributed by atoms with Crippen LogP contribution in [0.3, 0.4) is 0 Å². The van der Waals surface area contributed by atoms with Gasteiger partial charge in [0.2, 0.25) is 5.66 Å². The molecule has 94 valence electrons. The number of benzene rings is 1. The van der Waals surface area contributed by atoms with Crippen LogP contribution >= 0.6 is 0 Å². The van der Waals surface area contributed by atoms with Gasteiger partial charge in [0.25, 0.3) is 5.91 Å². The molecule has 5 nitrogen and oxygen atoms in total. The molecule has 4 rings (SSSR count). The number of pyridine rings is 1. The third-order valence-corrected chi connectivity index (χ3v) is 3.41. The smallest absolute Gasteiger partial charge is 0.275 e. The Morgan fingerprint density at radius 2 is 2.05 bits per heavy atom. The number of nitrogens with zero attached hydrogens (tertiary/aromatic N) is 1. The summed E-state index contributed by atoms with van der Waals surface area (Å²) >= 11 is 0. The Labute approximate surface area is 107 Å². The summed E-state index contributed by atoms with van der Waals surface area (Å²) in [7, 11) is 0. The van der Waals surface area contributed by atoms with Gasteiger partial charge in [-0.15, -0.1) is 0 Å². The Morgan fingerprint density at radius 1 is 1.16 bits per heavy atom. The molecule has 3 N–H and O–H groups in total. The molecule has 0 aliphatic carbocycles. The predicted molar refractivity (Wildman–Crippen MR) is 68.2 cm³/mol. The minimum absolute atomic E-state index is 0.272. The molecule has 0 bridgehead atoms. The van der Waals surface area contributed by atoms with Crippen LogP contribution in [-0.2, 0) is 10.5 Å². The van der Waals surface area contributed by atoms with Gasteiger partial charge in [-0.25, -0.2) is 9.37 Å². The molecule has 1 spiro atoms. The van der Waals surface area contributed by atoms with E-state index < -0.39 is 5.66 Å². The zero-order valence-electron chi connectivity index (χ0n) is 9.70. The van der Waals surface area contributed by atoms with E-state index >= 15 is 0 Å². The monoisotopic (exact) mass is 256 g/mol. The van der Waals surface area contributed by atoms with Crippen molar-refractivity contribution in [2.24, 2.45) is 0 Å². The second-order valence-electron chi connectivity index (χ2n) is 4.54. The van der Waals surface area contributed by atoms with Gasteiger partial charge < -0.3 is 16.0 Å². The lowest BCUT2D eigenvalue weighted by Gasteiger charge is -2.22. The SMILES string of the molecule is O=C1Nc2cc(F)ccc2C12Nc1cccnc1N2. The van der Waals surface area contributed by atoms with Crippen molar-refractivity contribution in [2.75, 3.05) is 16.0 Å². The van der Waals surface area contributed by atoms with Crippen LogP contribution in [0.5, 0.6) is 0 Å². The molecule has 2 aromatic rings. The topological polar surface area (TPSA) is 66.0 Å². The summed E-state index contributed by atoms with van der Waals surface area (Å²) in [5.41, 5.74) is 0.782. The highest BCUT2D eigenvalue weighted by molar-refractivity contribution is 6.11. The number of amides is 1. The van der Waals surface area contributed by atoms with Gasteiger partial charge in [-0.2, -0.15) is 0 Å². The maximum atomic E-state index is 13.2. The van der Waals surface area contributed by atoms with Gasteiger partial charge >= 0.3 is 0 Å². The molecule has 2 aliphatic rings. The van der Waals surface area contributed by atoms with E-state index in [0.717, 1.165) is 5.69 Å². The van der Waals surface area contributed by atoms with E-state index in [1.54, 1.807) is 18.3 Å². The lowest BCUT2D eigenvalue weighted by molar-refractivity contribution is -0.119. The van der Waals surface area contributed by atoms with Gasteiger partial charge in [0, 0.05) is 11.8 Å². The molecular weight excluding hydrogens is 247 g/mol. The third kappa shape index (κ3) is 1.22. The first-order valence-electron chi connectivity index (χ1n) is 5.82. The highest BCUT2D eigenvalue weighted by atomic mass is 19.1. The number of carbonyl (C=O) groups excluding carboxylic acids is 1. The van der Waals surface area contributed by atoms with Crippen LogP contribution in [-0.4, -0.2) is 10.9 Å². The predicted octanol–water partition coefficient (Wildman–Crippen LogP) is 1.86. The van der Waals surface area contributed by atoms with Crippen LogP contribution in [0.1, 0.15) is 5.56 Å². The Morgan fingerprint density at radius 3 is 2.89 bits per heavy atom. The standard InChI is InChI=1S/C13H9FN4O/c14-7-3-4-8-10(6-7)16-12(19)13(8)17-9-2-1-5-15-11(9)18-13/h1-6,17H,(H,15,18)(H,16,19). The largest absolute Gasteiger partial charge is 0.348 e. The van der Waals surface area contributed by atoms with Crippen molar-refractivity contribution < 1.29 is 9.18 Å². The van der Waals surface area contributed by atoms with Gasteiger partial charge in [0.15, 0.2) is 5.82 Å². The van der Waals surface area contributed by atoms with Crippen molar-refractivity contribution in [3.63, 3.8) is 0 Å². The Bertz CT molecular complexity index is 691. The second kappa shape index (κ2) is 3.23. The molecule has 2 aliphatic heterocycles. The van der Waals surface area contributed by atoms with Crippen LogP contribution in [0.25, 0.3) is 0 Å². The van der Waals surface area contributed by atoms with Crippen molar-refractivity contribution in [2.45, 2.75) is 5.66 Å². The molecule has 1 atom stereocenters. The number of hydrogen-bond acceptors (Lipinski definition) is 4.